The molecule has 0 spiro atoms. The summed E-state index contributed by atoms with van der Waals surface area (Å²) in [4.78, 5) is 53.0. The Bertz CT molecular complexity index is 2080. The first-order valence-electron chi connectivity index (χ1n) is 19.5. The third-order valence-electron chi connectivity index (χ3n) is 11.8. The molecule has 56 heavy (non-hydrogen) atoms. The second-order valence-electron chi connectivity index (χ2n) is 15.3. The monoisotopic (exact) mass is 799 g/mol. The van der Waals surface area contributed by atoms with Crippen LogP contribution in [0.15, 0.2) is 61.2 Å². The maximum Gasteiger partial charge on any atom is 0.328 e. The van der Waals surface area contributed by atoms with Crippen molar-refractivity contribution >= 4 is 64.3 Å². The largest absolute Gasteiger partial charge is 0.490 e. The quantitative estimate of drug-likeness (QED) is 0.194. The van der Waals surface area contributed by atoms with Gasteiger partial charge in [0.1, 0.15) is 17.6 Å². The van der Waals surface area contributed by atoms with Crippen molar-refractivity contribution < 1.29 is 19.1 Å². The van der Waals surface area contributed by atoms with E-state index in [9.17, 15) is 14.4 Å². The Morgan fingerprint density at radius 3 is 2.43 bits per heavy atom. The first-order chi connectivity index (χ1) is 26.8. The van der Waals surface area contributed by atoms with Crippen molar-refractivity contribution in [1.82, 2.24) is 30.1 Å². The van der Waals surface area contributed by atoms with E-state index in [0.717, 1.165) is 106 Å². The number of urea groups is 1. The molecule has 3 saturated heterocycles. The Hall–Kier alpha value is -4.90. The summed E-state index contributed by atoms with van der Waals surface area (Å²) in [5.74, 6) is 1.88. The Morgan fingerprint density at radius 2 is 1.73 bits per heavy atom. The van der Waals surface area contributed by atoms with Crippen LogP contribution in [0.3, 0.4) is 0 Å². The summed E-state index contributed by atoms with van der Waals surface area (Å²) >= 11 is 6.15. The number of piperidine rings is 2. The number of aromatic nitrogens is 3. The molecule has 3 aliphatic heterocycles. The molecule has 2 N–H and O–H groups in total. The number of hydrogen-bond acceptors (Lipinski definition) is 9. The molecule has 8 rings (SSSR count). The van der Waals surface area contributed by atoms with Gasteiger partial charge in [-0.25, -0.2) is 9.78 Å². The normalized spacial score (nSPS) is 21.3. The Balaban J connectivity index is 0.00000480. The Kier molecular flexibility index (Phi) is 12.3. The van der Waals surface area contributed by atoms with Crippen LogP contribution >= 0.6 is 24.0 Å². The molecule has 0 atom stereocenters. The van der Waals surface area contributed by atoms with Gasteiger partial charge in [-0.1, -0.05) is 11.6 Å². The minimum Gasteiger partial charge on any atom is -0.490 e. The van der Waals surface area contributed by atoms with E-state index in [1.807, 2.05) is 18.3 Å². The fourth-order valence-electron chi connectivity index (χ4n) is 8.63. The minimum absolute atomic E-state index is 0. The number of rotatable bonds is 9. The fourth-order valence-corrected chi connectivity index (χ4v) is 8.84. The lowest BCUT2D eigenvalue weighted by atomic mass is 9.92. The predicted octanol–water partition coefficient (Wildman–Crippen LogP) is 6.50. The highest BCUT2D eigenvalue weighted by Crippen LogP contribution is 2.34. The number of carbonyl (C=O) groups excluding carboxylic acids is 3. The molecule has 1 saturated carbocycles. The SMILES string of the molecule is Cl.N#Cc1ccc(O[C@H]2CC[C@H](NC(=O)c3ccc(N4CCC(CN5CCC(n6ccc7c(N8CCC(=O)NC8=O)cncc76)CC5)CC4)nc3)CC2)cc1Cl. The maximum absolute atomic E-state index is 13.1. The number of nitrogens with zero attached hydrogens (tertiary/aromatic N) is 7. The van der Waals surface area contributed by atoms with Gasteiger partial charge in [0.05, 0.1) is 45.9 Å². The number of amides is 4. The van der Waals surface area contributed by atoms with Crippen molar-refractivity contribution in [2.75, 3.05) is 49.1 Å². The first kappa shape index (κ1) is 39.3. The van der Waals surface area contributed by atoms with E-state index in [0.29, 0.717) is 40.4 Å². The van der Waals surface area contributed by atoms with Gasteiger partial charge < -0.3 is 24.4 Å². The van der Waals surface area contributed by atoms with E-state index in [-0.39, 0.29) is 42.8 Å². The molecule has 0 unspecified atom stereocenters. The predicted molar refractivity (Wildman–Crippen MR) is 217 cm³/mol. The number of anilines is 2. The molecule has 3 aromatic heterocycles. The first-order valence-corrected chi connectivity index (χ1v) is 19.9. The number of likely N-dealkylation sites (tertiary alicyclic amines) is 1. The molecule has 294 valence electrons. The van der Waals surface area contributed by atoms with Crippen LogP contribution in [-0.2, 0) is 4.79 Å². The number of carbonyl (C=O) groups is 3. The number of nitrogens with one attached hydrogen (secondary N) is 2. The zero-order valence-electron chi connectivity index (χ0n) is 31.2. The van der Waals surface area contributed by atoms with E-state index in [4.69, 9.17) is 21.6 Å². The summed E-state index contributed by atoms with van der Waals surface area (Å²) in [6, 6.07) is 13.2. The zero-order valence-corrected chi connectivity index (χ0v) is 32.8. The van der Waals surface area contributed by atoms with E-state index >= 15 is 0 Å². The summed E-state index contributed by atoms with van der Waals surface area (Å²) in [7, 11) is 0. The number of hydrogen-bond donors (Lipinski definition) is 2. The van der Waals surface area contributed by atoms with Gasteiger partial charge in [0.2, 0.25) is 5.91 Å². The molecule has 0 bridgehead atoms. The van der Waals surface area contributed by atoms with E-state index in [2.05, 4.69) is 53.3 Å². The number of pyridine rings is 2. The molecule has 0 radical (unpaired) electrons. The standard InChI is InChI=1S/C41H46ClN9O4.ClH/c42-35-21-33(5-1-28(35)22-43)55-32-6-3-30(4-7-32)46-40(53)29-2-8-38(45-23-29)49-17-9-27(10-18-49)26-48-15-11-31(12-16-48)50-19-13-34-36(50)24-44-25-37(34)51-20-14-39(52)47-41(51)54;/h1-2,5,8,13,19,21,23-25,27,30-32H,3-4,6-7,9-12,14-18,20,26H2,(H,46,53)(H,47,52,54);1H/t30-,32-;. The molecule has 6 heterocycles. The van der Waals surface area contributed by atoms with Gasteiger partial charge in [-0.3, -0.25) is 24.8 Å². The second-order valence-corrected chi connectivity index (χ2v) is 15.7. The third-order valence-corrected chi connectivity index (χ3v) is 12.1. The Labute approximate surface area is 337 Å². The van der Waals surface area contributed by atoms with Crippen LogP contribution in [0.25, 0.3) is 10.9 Å². The topological polar surface area (TPSA) is 149 Å². The highest BCUT2D eigenvalue weighted by Gasteiger charge is 2.30. The van der Waals surface area contributed by atoms with Gasteiger partial charge in [0.15, 0.2) is 0 Å². The van der Waals surface area contributed by atoms with Crippen LogP contribution in [-0.4, -0.2) is 88.7 Å². The molecular weight excluding hydrogens is 753 g/mol. The van der Waals surface area contributed by atoms with E-state index in [1.54, 1.807) is 35.5 Å². The second kappa shape index (κ2) is 17.5. The zero-order chi connectivity index (χ0) is 37.9. The van der Waals surface area contributed by atoms with Crippen LogP contribution in [0, 0.1) is 17.2 Å². The molecular formula is C41H47Cl2N9O4. The molecule has 4 aromatic rings. The summed E-state index contributed by atoms with van der Waals surface area (Å²) in [5, 5.41) is 16.1. The van der Waals surface area contributed by atoms with Gasteiger partial charge >= 0.3 is 6.03 Å². The lowest BCUT2D eigenvalue weighted by Gasteiger charge is -2.38. The van der Waals surface area contributed by atoms with Gasteiger partial charge in [0, 0.05) is 81.6 Å². The van der Waals surface area contributed by atoms with Gasteiger partial charge in [-0.2, -0.15) is 5.26 Å². The van der Waals surface area contributed by atoms with Crippen LogP contribution in [0.4, 0.5) is 16.3 Å². The maximum atomic E-state index is 13.1. The number of fused-ring (bicyclic) bond motifs is 1. The van der Waals surface area contributed by atoms with Gasteiger partial charge in [-0.15, -0.1) is 12.4 Å². The Morgan fingerprint density at radius 1 is 0.946 bits per heavy atom. The summed E-state index contributed by atoms with van der Waals surface area (Å²) in [6.07, 6.45) is 15.4. The lowest BCUT2D eigenvalue weighted by Crippen LogP contribution is -2.49. The summed E-state index contributed by atoms with van der Waals surface area (Å²) < 4.78 is 8.41. The van der Waals surface area contributed by atoms with Crippen molar-refractivity contribution in [3.05, 3.63) is 77.3 Å². The third kappa shape index (κ3) is 8.73. The van der Waals surface area contributed by atoms with Crippen molar-refractivity contribution in [3.63, 3.8) is 0 Å². The highest BCUT2D eigenvalue weighted by atomic mass is 35.5. The highest BCUT2D eigenvalue weighted by molar-refractivity contribution is 6.31. The van der Waals surface area contributed by atoms with Crippen LogP contribution in [0.2, 0.25) is 5.02 Å². The number of nitriles is 1. The summed E-state index contributed by atoms with van der Waals surface area (Å²) in [5.41, 5.74) is 2.77. The molecule has 4 amide bonds. The smallest absolute Gasteiger partial charge is 0.328 e. The fraction of sp³-hybridized carbons (Fsp3) is 0.463. The van der Waals surface area contributed by atoms with E-state index in [1.165, 1.54) is 0 Å². The lowest BCUT2D eigenvalue weighted by molar-refractivity contribution is -0.120. The van der Waals surface area contributed by atoms with Crippen molar-refractivity contribution in [3.8, 4) is 11.8 Å². The number of benzene rings is 1. The van der Waals surface area contributed by atoms with E-state index < -0.39 is 6.03 Å². The van der Waals surface area contributed by atoms with Gasteiger partial charge in [-0.05, 0) is 87.6 Å². The van der Waals surface area contributed by atoms with Gasteiger partial charge in [0.25, 0.3) is 5.91 Å². The van der Waals surface area contributed by atoms with Crippen LogP contribution in [0.5, 0.6) is 5.75 Å². The average Bonchev–Trinajstić information content (AvgIpc) is 3.64. The minimum atomic E-state index is -0.390. The van der Waals surface area contributed by atoms with Crippen LogP contribution in [0.1, 0.15) is 79.8 Å². The summed E-state index contributed by atoms with van der Waals surface area (Å²) in [6.45, 7) is 5.45. The molecule has 13 nitrogen and oxygen atoms in total. The molecule has 15 heteroatoms. The van der Waals surface area contributed by atoms with Crippen molar-refractivity contribution in [2.24, 2.45) is 5.92 Å². The van der Waals surface area contributed by atoms with Crippen molar-refractivity contribution in [2.45, 2.75) is 76.0 Å². The molecule has 1 aliphatic carbocycles. The number of halogens is 2. The van der Waals surface area contributed by atoms with Crippen LogP contribution < -0.4 is 25.2 Å². The molecule has 4 aliphatic rings. The number of ether oxygens (including phenoxy) is 1. The average molecular weight is 801 g/mol. The molecule has 1 aromatic carbocycles. The van der Waals surface area contributed by atoms with Crippen molar-refractivity contribution in [1.29, 1.82) is 5.26 Å². The number of imide groups is 1. The molecule has 4 fully saturated rings.